The number of aromatic amines is 1. The molecule has 6 rings (SSSR count). The van der Waals surface area contributed by atoms with Gasteiger partial charge in [0.15, 0.2) is 11.5 Å². The molecule has 156 valence electrons. The molecule has 1 saturated heterocycles. The Kier molecular flexibility index (Phi) is 3.93. The fourth-order valence-electron chi connectivity index (χ4n) is 6.18. The van der Waals surface area contributed by atoms with Crippen LogP contribution in [0, 0.1) is 29.6 Å². The molecule has 1 aromatic carbocycles. The third-order valence-corrected chi connectivity index (χ3v) is 9.69. The Morgan fingerprint density at radius 3 is 2.73 bits per heavy atom. The van der Waals surface area contributed by atoms with E-state index >= 15 is 0 Å². The molecular formula is C21H19NO6S2. The fourth-order valence-corrected chi connectivity index (χ4v) is 9.07. The number of cyclic esters (lactones) is 2. The number of carbonyl (C=O) groups excluding carboxylic acids is 2. The molecule has 30 heavy (non-hydrogen) atoms. The molecule has 2 aliphatic heterocycles. The quantitative estimate of drug-likeness (QED) is 0.553. The average molecular weight is 446 g/mol. The number of benzene rings is 1. The van der Waals surface area contributed by atoms with Crippen LogP contribution in [0.1, 0.15) is 29.7 Å². The van der Waals surface area contributed by atoms with Gasteiger partial charge in [-0.1, -0.05) is 17.4 Å². The zero-order chi connectivity index (χ0) is 20.7. The highest BCUT2D eigenvalue weighted by molar-refractivity contribution is 8.00. The second-order valence-electron chi connectivity index (χ2n) is 8.36. The number of carbonyl (C=O) groups is 2. The number of aromatic nitrogens is 1. The second-order valence-corrected chi connectivity index (χ2v) is 10.6. The van der Waals surface area contributed by atoms with Crippen LogP contribution in [0.15, 0.2) is 28.0 Å². The summed E-state index contributed by atoms with van der Waals surface area (Å²) in [6, 6.07) is 5.33. The lowest BCUT2D eigenvalue weighted by atomic mass is 9.68. The van der Waals surface area contributed by atoms with Crippen LogP contribution in [-0.4, -0.2) is 33.9 Å². The molecule has 2 N–H and O–H groups in total. The van der Waals surface area contributed by atoms with Crippen molar-refractivity contribution in [2.75, 3.05) is 6.61 Å². The molecule has 0 spiro atoms. The first kappa shape index (κ1) is 18.5. The number of H-pyrrole nitrogens is 1. The number of hydrogen-bond acceptors (Lipinski definition) is 8. The SMILES string of the molecule is CCOc1cc(C2c3sc(=O)[nH]c3SC3C4CC(C5C(=O)OC(=O)C45)C23)ccc1O. The molecule has 3 fully saturated rings. The summed E-state index contributed by atoms with van der Waals surface area (Å²) in [6.45, 7) is 2.28. The largest absolute Gasteiger partial charge is 0.504 e. The number of hydrogen-bond donors (Lipinski definition) is 2. The van der Waals surface area contributed by atoms with E-state index in [0.717, 1.165) is 21.9 Å². The van der Waals surface area contributed by atoms with E-state index in [1.807, 2.05) is 19.1 Å². The third-order valence-electron chi connectivity index (χ3n) is 7.10. The minimum Gasteiger partial charge on any atom is -0.504 e. The molecule has 7 unspecified atom stereocenters. The van der Waals surface area contributed by atoms with Crippen molar-refractivity contribution in [1.82, 2.24) is 4.98 Å². The summed E-state index contributed by atoms with van der Waals surface area (Å²) in [5, 5.41) is 11.1. The van der Waals surface area contributed by atoms with Crippen LogP contribution in [0.2, 0.25) is 0 Å². The number of phenols is 1. The Hall–Kier alpha value is -2.26. The zero-order valence-corrected chi connectivity index (χ0v) is 17.6. The van der Waals surface area contributed by atoms with Crippen molar-refractivity contribution < 1.29 is 24.2 Å². The molecule has 2 bridgehead atoms. The summed E-state index contributed by atoms with van der Waals surface area (Å²) in [6.07, 6.45) is 0.824. The average Bonchev–Trinajstić information content (AvgIpc) is 3.43. The van der Waals surface area contributed by atoms with E-state index in [-0.39, 0.29) is 57.3 Å². The smallest absolute Gasteiger partial charge is 0.317 e. The first-order valence-corrected chi connectivity index (χ1v) is 11.8. The van der Waals surface area contributed by atoms with Crippen molar-refractivity contribution in [3.05, 3.63) is 38.3 Å². The van der Waals surface area contributed by atoms with Gasteiger partial charge in [0.1, 0.15) is 0 Å². The zero-order valence-electron chi connectivity index (χ0n) is 16.0. The van der Waals surface area contributed by atoms with Crippen molar-refractivity contribution in [1.29, 1.82) is 0 Å². The third kappa shape index (κ3) is 2.36. The first-order valence-electron chi connectivity index (χ1n) is 10.1. The summed E-state index contributed by atoms with van der Waals surface area (Å²) in [5.41, 5.74) is 0.949. The molecule has 7 atom stereocenters. The number of ether oxygens (including phenoxy) is 2. The molecule has 4 aliphatic rings. The van der Waals surface area contributed by atoms with Gasteiger partial charge in [-0.2, -0.15) is 0 Å². The summed E-state index contributed by atoms with van der Waals surface area (Å²) >= 11 is 2.84. The van der Waals surface area contributed by atoms with E-state index in [9.17, 15) is 19.5 Å². The van der Waals surface area contributed by atoms with Gasteiger partial charge in [-0.25, -0.2) is 0 Å². The molecule has 2 saturated carbocycles. The Labute approximate surface area is 179 Å². The Morgan fingerprint density at radius 2 is 1.97 bits per heavy atom. The van der Waals surface area contributed by atoms with Crippen molar-refractivity contribution in [2.45, 2.75) is 29.5 Å². The maximum absolute atomic E-state index is 12.5. The predicted molar refractivity (Wildman–Crippen MR) is 109 cm³/mol. The molecule has 3 heterocycles. The normalized spacial score (nSPS) is 35.7. The van der Waals surface area contributed by atoms with Crippen LogP contribution >= 0.6 is 23.1 Å². The Morgan fingerprint density at radius 1 is 1.20 bits per heavy atom. The standard InChI is InChI=1S/C21H19NO6S2/c1-2-27-11-5-7(3-4-10(11)23)12-13-8-6-9(15-14(8)19(24)28-20(15)25)16(13)29-18-17(12)30-21(26)22-18/h3-5,8-9,12-16,23H,2,6H2,1H3,(H,22,26). The molecule has 9 heteroatoms. The van der Waals surface area contributed by atoms with Gasteiger partial charge >= 0.3 is 16.8 Å². The molecule has 7 nitrogen and oxygen atoms in total. The summed E-state index contributed by atoms with van der Waals surface area (Å²) in [5.74, 6) is -0.933. The topological polar surface area (TPSA) is 106 Å². The van der Waals surface area contributed by atoms with Crippen molar-refractivity contribution in [3.8, 4) is 11.5 Å². The van der Waals surface area contributed by atoms with Gasteiger partial charge in [0.05, 0.1) is 23.5 Å². The monoisotopic (exact) mass is 445 g/mol. The van der Waals surface area contributed by atoms with Gasteiger partial charge in [-0.3, -0.25) is 14.4 Å². The highest BCUT2D eigenvalue weighted by atomic mass is 32.2. The van der Waals surface area contributed by atoms with Gasteiger partial charge in [-0.05, 0) is 48.8 Å². The molecule has 0 amide bonds. The molecule has 2 aliphatic carbocycles. The molecule has 2 aromatic rings. The lowest BCUT2D eigenvalue weighted by Crippen LogP contribution is -2.42. The van der Waals surface area contributed by atoms with Gasteiger partial charge in [0.2, 0.25) is 0 Å². The second kappa shape index (κ2) is 6.37. The highest BCUT2D eigenvalue weighted by Crippen LogP contribution is 2.68. The number of fused-ring (bicyclic) bond motifs is 9. The Balaban J connectivity index is 1.50. The number of thiazole rings is 1. The van der Waals surface area contributed by atoms with E-state index < -0.39 is 5.97 Å². The number of aromatic hydroxyl groups is 1. The molecular weight excluding hydrogens is 426 g/mol. The first-order chi connectivity index (χ1) is 14.5. The predicted octanol–water partition coefficient (Wildman–Crippen LogP) is 2.73. The highest BCUT2D eigenvalue weighted by Gasteiger charge is 2.69. The Bertz CT molecular complexity index is 1140. The molecule has 1 aromatic heterocycles. The van der Waals surface area contributed by atoms with Crippen LogP contribution in [0.25, 0.3) is 0 Å². The lowest BCUT2D eigenvalue weighted by molar-refractivity contribution is -0.154. The summed E-state index contributed by atoms with van der Waals surface area (Å²) < 4.78 is 10.6. The van der Waals surface area contributed by atoms with Crippen LogP contribution in [0.5, 0.6) is 11.5 Å². The van der Waals surface area contributed by atoms with E-state index in [2.05, 4.69) is 4.98 Å². The van der Waals surface area contributed by atoms with E-state index in [0.29, 0.717) is 12.4 Å². The molecule has 0 radical (unpaired) electrons. The minimum atomic E-state index is -0.395. The van der Waals surface area contributed by atoms with Crippen LogP contribution in [-0.2, 0) is 14.3 Å². The maximum atomic E-state index is 12.5. The fraction of sp³-hybridized carbons (Fsp3) is 0.476. The van der Waals surface area contributed by atoms with E-state index in [1.165, 1.54) is 11.3 Å². The van der Waals surface area contributed by atoms with E-state index in [4.69, 9.17) is 9.47 Å². The van der Waals surface area contributed by atoms with Crippen molar-refractivity contribution in [3.63, 3.8) is 0 Å². The number of rotatable bonds is 3. The van der Waals surface area contributed by atoms with Crippen LogP contribution in [0.3, 0.4) is 0 Å². The van der Waals surface area contributed by atoms with Crippen LogP contribution in [0.4, 0.5) is 0 Å². The number of phenolic OH excluding ortho intramolecular Hbond substituents is 1. The van der Waals surface area contributed by atoms with Gasteiger partial charge in [0, 0.05) is 16.0 Å². The maximum Gasteiger partial charge on any atom is 0.317 e. The van der Waals surface area contributed by atoms with Gasteiger partial charge in [0.25, 0.3) is 0 Å². The number of thioether (sulfide) groups is 1. The minimum absolute atomic E-state index is 0.0381. The summed E-state index contributed by atoms with van der Waals surface area (Å²) in [4.78, 5) is 40.8. The van der Waals surface area contributed by atoms with E-state index in [1.54, 1.807) is 17.8 Å². The number of esters is 2. The number of nitrogens with one attached hydrogen (secondary N) is 1. The summed E-state index contributed by atoms with van der Waals surface area (Å²) in [7, 11) is 0. The van der Waals surface area contributed by atoms with Gasteiger partial charge in [-0.15, -0.1) is 11.8 Å². The van der Waals surface area contributed by atoms with Crippen molar-refractivity contribution >= 4 is 35.0 Å². The van der Waals surface area contributed by atoms with Crippen molar-refractivity contribution in [2.24, 2.45) is 29.6 Å². The van der Waals surface area contributed by atoms with Gasteiger partial charge < -0.3 is 19.6 Å². The lowest BCUT2D eigenvalue weighted by Gasteiger charge is -2.42. The van der Waals surface area contributed by atoms with Crippen LogP contribution < -0.4 is 9.61 Å².